The van der Waals surface area contributed by atoms with E-state index in [1.54, 1.807) is 0 Å². The third kappa shape index (κ3) is 5.31. The lowest BCUT2D eigenvalue weighted by molar-refractivity contribution is -0.154. The minimum Gasteiger partial charge on any atom is -0.484 e. The molecule has 1 aromatic carbocycles. The van der Waals surface area contributed by atoms with Crippen LogP contribution >= 0.6 is 0 Å². The lowest BCUT2D eigenvalue weighted by atomic mass is 10.3. The van der Waals surface area contributed by atoms with Crippen molar-refractivity contribution in [3.05, 3.63) is 42.7 Å². The predicted molar refractivity (Wildman–Crippen MR) is 76.6 cm³/mol. The van der Waals surface area contributed by atoms with Gasteiger partial charge in [0, 0.05) is 18.5 Å². The van der Waals surface area contributed by atoms with Crippen molar-refractivity contribution in [1.29, 1.82) is 0 Å². The maximum Gasteiger partial charge on any atom is 0.422 e. The fourth-order valence-electron chi connectivity index (χ4n) is 1.82. The summed E-state index contributed by atoms with van der Waals surface area (Å²) in [5.74, 6) is -1.16. The zero-order chi connectivity index (χ0) is 19.6. The highest BCUT2D eigenvalue weighted by Gasteiger charge is 2.31. The fourth-order valence-corrected chi connectivity index (χ4v) is 3.15. The molecule has 0 atom stereocenters. The lowest BCUT2D eigenvalue weighted by Gasteiger charge is -2.16. The summed E-state index contributed by atoms with van der Waals surface area (Å²) in [6, 6.07) is 5.04. The van der Waals surface area contributed by atoms with Gasteiger partial charge in [-0.1, -0.05) is 0 Å². The predicted octanol–water partition coefficient (Wildman–Crippen LogP) is 3.61. The monoisotopic (exact) mass is 403 g/mol. The molecule has 0 spiro atoms. The summed E-state index contributed by atoms with van der Waals surface area (Å²) < 4.78 is 108. The van der Waals surface area contributed by atoms with Crippen molar-refractivity contribution in [2.45, 2.75) is 17.2 Å². The molecule has 2 aromatic rings. The van der Waals surface area contributed by atoms with Crippen molar-refractivity contribution in [2.75, 3.05) is 13.2 Å². The number of benzene rings is 1. The molecule has 0 bridgehead atoms. The highest BCUT2D eigenvalue weighted by atomic mass is 32.2. The molecule has 12 heteroatoms. The van der Waals surface area contributed by atoms with E-state index in [1.807, 2.05) is 0 Å². The molecule has 0 aliphatic rings. The van der Waals surface area contributed by atoms with Gasteiger partial charge in [-0.05, 0) is 24.3 Å². The zero-order valence-electron chi connectivity index (χ0n) is 12.7. The van der Waals surface area contributed by atoms with Crippen molar-refractivity contribution < 1.29 is 44.2 Å². The van der Waals surface area contributed by atoms with Crippen molar-refractivity contribution in [2.24, 2.45) is 0 Å². The molecule has 0 fully saturated rings. The molecule has 5 nitrogen and oxygen atoms in total. The number of rotatable bonds is 6. The Morgan fingerprint density at radius 1 is 0.885 bits per heavy atom. The largest absolute Gasteiger partial charge is 0.484 e. The van der Waals surface area contributed by atoms with E-state index in [4.69, 9.17) is 0 Å². The van der Waals surface area contributed by atoms with Gasteiger partial charge in [-0.25, -0.2) is 12.4 Å². The fraction of sp³-hybridized carbons (Fsp3) is 0.286. The van der Waals surface area contributed by atoms with Crippen LogP contribution in [0.3, 0.4) is 0 Å². The summed E-state index contributed by atoms with van der Waals surface area (Å²) in [5, 5.41) is 0. The first-order chi connectivity index (χ1) is 11.9. The van der Waals surface area contributed by atoms with Crippen LogP contribution in [0.1, 0.15) is 0 Å². The number of ether oxygens (including phenoxy) is 2. The van der Waals surface area contributed by atoms with Crippen LogP contribution in [0.5, 0.6) is 11.5 Å². The van der Waals surface area contributed by atoms with Gasteiger partial charge in [0.1, 0.15) is 16.4 Å². The minimum atomic E-state index is -4.74. The Morgan fingerprint density at radius 3 is 1.96 bits per heavy atom. The molecule has 0 aliphatic carbocycles. The topological polar surface area (TPSA) is 57.5 Å². The van der Waals surface area contributed by atoms with Gasteiger partial charge in [0.25, 0.3) is 10.0 Å². The van der Waals surface area contributed by atoms with Crippen molar-refractivity contribution in [3.8, 4) is 11.5 Å². The standard InChI is InChI=1S/C14H11F6NO4S/c15-13(16,17)8-24-10-3-4-11(25-9-14(18,19)20)12(7-10)26(22,23)21-5-1-2-6-21/h1-7H,8-9H2. The first-order valence-electron chi connectivity index (χ1n) is 6.80. The second-order valence-corrected chi connectivity index (χ2v) is 6.75. The van der Waals surface area contributed by atoms with E-state index in [1.165, 1.54) is 12.1 Å². The van der Waals surface area contributed by atoms with E-state index in [2.05, 4.69) is 9.47 Å². The van der Waals surface area contributed by atoms with Crippen LogP contribution in [-0.2, 0) is 10.0 Å². The Bertz CT molecular complexity index is 843. The quantitative estimate of drug-likeness (QED) is 0.692. The van der Waals surface area contributed by atoms with Crippen LogP contribution in [-0.4, -0.2) is 38.0 Å². The molecule has 0 saturated heterocycles. The molecule has 0 amide bonds. The Hall–Kier alpha value is -2.37. The van der Waals surface area contributed by atoms with Gasteiger partial charge in [-0.3, -0.25) is 0 Å². The Kier molecular flexibility index (Phi) is 5.44. The molecule has 0 aliphatic heterocycles. The molecule has 1 heterocycles. The van der Waals surface area contributed by atoms with E-state index in [0.29, 0.717) is 10.0 Å². The summed E-state index contributed by atoms with van der Waals surface area (Å²) in [5.41, 5.74) is 0. The number of aromatic nitrogens is 1. The molecular formula is C14H11F6NO4S. The van der Waals surface area contributed by atoms with Crippen molar-refractivity contribution in [1.82, 2.24) is 3.97 Å². The highest BCUT2D eigenvalue weighted by Crippen LogP contribution is 2.32. The van der Waals surface area contributed by atoms with Gasteiger partial charge in [0.05, 0.1) is 0 Å². The number of hydrogen-bond donors (Lipinski definition) is 0. The molecule has 0 N–H and O–H groups in total. The van der Waals surface area contributed by atoms with Crippen LogP contribution in [0.4, 0.5) is 26.3 Å². The van der Waals surface area contributed by atoms with Crippen molar-refractivity contribution >= 4 is 10.0 Å². The molecule has 144 valence electrons. The summed E-state index contributed by atoms with van der Waals surface area (Å²) in [6.45, 7) is -3.47. The molecule has 0 saturated carbocycles. The van der Waals surface area contributed by atoms with E-state index in [9.17, 15) is 34.8 Å². The highest BCUT2D eigenvalue weighted by molar-refractivity contribution is 7.90. The first kappa shape index (κ1) is 19.9. The summed E-state index contributed by atoms with van der Waals surface area (Å²) in [7, 11) is -4.41. The normalized spacial score (nSPS) is 12.8. The summed E-state index contributed by atoms with van der Waals surface area (Å²) in [6.07, 6.45) is -7.21. The van der Waals surface area contributed by atoms with Crippen LogP contribution in [0, 0.1) is 0 Å². The smallest absolute Gasteiger partial charge is 0.422 e. The zero-order valence-corrected chi connectivity index (χ0v) is 13.5. The van der Waals surface area contributed by atoms with E-state index in [-0.39, 0.29) is 0 Å². The second kappa shape index (κ2) is 7.09. The molecule has 2 rings (SSSR count). The number of hydrogen-bond acceptors (Lipinski definition) is 4. The van der Waals surface area contributed by atoms with E-state index >= 15 is 0 Å². The van der Waals surface area contributed by atoms with Crippen LogP contribution < -0.4 is 9.47 Å². The maximum atomic E-state index is 12.5. The van der Waals surface area contributed by atoms with Crippen molar-refractivity contribution in [3.63, 3.8) is 0 Å². The number of alkyl halides is 6. The molecule has 0 unspecified atom stereocenters. The molecular weight excluding hydrogens is 392 g/mol. The molecule has 0 radical (unpaired) electrons. The molecule has 26 heavy (non-hydrogen) atoms. The van der Waals surface area contributed by atoms with Gasteiger partial charge in [0.2, 0.25) is 0 Å². The average molecular weight is 403 g/mol. The van der Waals surface area contributed by atoms with Crippen LogP contribution in [0.15, 0.2) is 47.6 Å². The van der Waals surface area contributed by atoms with Gasteiger partial charge >= 0.3 is 12.4 Å². The van der Waals surface area contributed by atoms with Gasteiger partial charge in [-0.15, -0.1) is 0 Å². The minimum absolute atomic E-state index is 0.493. The Labute approximate surface area is 143 Å². The Balaban J connectivity index is 2.42. The third-order valence-corrected chi connectivity index (χ3v) is 4.51. The van der Waals surface area contributed by atoms with Crippen LogP contribution in [0.2, 0.25) is 0 Å². The van der Waals surface area contributed by atoms with Gasteiger partial charge in [-0.2, -0.15) is 26.3 Å². The van der Waals surface area contributed by atoms with Gasteiger partial charge < -0.3 is 9.47 Å². The van der Waals surface area contributed by atoms with Crippen LogP contribution in [0.25, 0.3) is 0 Å². The second-order valence-electron chi connectivity index (χ2n) is 4.93. The first-order valence-corrected chi connectivity index (χ1v) is 8.24. The molecule has 1 aromatic heterocycles. The Morgan fingerprint density at radius 2 is 1.42 bits per heavy atom. The van der Waals surface area contributed by atoms with E-state index < -0.39 is 52.0 Å². The maximum absolute atomic E-state index is 12.5. The summed E-state index contributed by atoms with van der Waals surface area (Å²) >= 11 is 0. The number of halogens is 6. The average Bonchev–Trinajstić information content (AvgIpc) is 3.05. The third-order valence-electron chi connectivity index (χ3n) is 2.84. The van der Waals surface area contributed by atoms with E-state index in [0.717, 1.165) is 24.5 Å². The summed E-state index contributed by atoms with van der Waals surface area (Å²) in [4.78, 5) is -0.766. The SMILES string of the molecule is O=S(=O)(c1cc(OCC(F)(F)F)ccc1OCC(F)(F)F)n1cccc1. The van der Waals surface area contributed by atoms with Gasteiger partial charge in [0.15, 0.2) is 13.2 Å². The lowest BCUT2D eigenvalue weighted by Crippen LogP contribution is -2.21. The number of nitrogens with zero attached hydrogens (tertiary/aromatic N) is 1.